The number of nitrogens with one attached hydrogen (secondary N) is 1. The summed E-state index contributed by atoms with van der Waals surface area (Å²) in [5.41, 5.74) is 3.54. The van der Waals surface area contributed by atoms with E-state index in [9.17, 15) is 9.59 Å². The van der Waals surface area contributed by atoms with Gasteiger partial charge in [0.1, 0.15) is 0 Å². The number of carbonyl (C=O) groups is 2. The minimum atomic E-state index is -1.43. The number of rotatable bonds is 2. The van der Waals surface area contributed by atoms with Crippen LogP contribution in [0, 0.1) is 0 Å². The Morgan fingerprint density at radius 1 is 1.82 bits per heavy atom. The molecule has 0 aromatic rings. The summed E-state index contributed by atoms with van der Waals surface area (Å²) < 4.78 is 4.74. The Morgan fingerprint density at radius 3 is 2.64 bits per heavy atom. The number of hydrogen-bond acceptors (Lipinski definition) is 3. The molecule has 1 aliphatic rings. The lowest BCUT2D eigenvalue weighted by molar-refractivity contribution is -0.141. The molecule has 0 spiro atoms. The predicted octanol–water partition coefficient (Wildman–Crippen LogP) is -1.50. The Balaban J connectivity index is 2.89. The lowest BCUT2D eigenvalue weighted by atomic mass is 10.2. The van der Waals surface area contributed by atoms with Gasteiger partial charge in [-0.2, -0.15) is 0 Å². The van der Waals surface area contributed by atoms with Gasteiger partial charge in [-0.05, 0) is 6.08 Å². The summed E-state index contributed by atoms with van der Waals surface area (Å²) in [6.07, 6.45) is 2.49. The molecular weight excluding hydrogens is 148 g/mol. The van der Waals surface area contributed by atoms with Gasteiger partial charge in [-0.25, -0.2) is 0 Å². The Hall–Kier alpha value is -1.36. The van der Waals surface area contributed by atoms with Gasteiger partial charge in [0.25, 0.3) is 5.91 Å². The van der Waals surface area contributed by atoms with E-state index in [2.05, 4.69) is 5.32 Å². The fourth-order valence-electron chi connectivity index (χ4n) is 0.823. The third-order valence-corrected chi connectivity index (χ3v) is 1.47. The fraction of sp³-hybridized carbons (Fsp3) is 0.333. The van der Waals surface area contributed by atoms with E-state index in [-0.39, 0.29) is 5.91 Å². The van der Waals surface area contributed by atoms with E-state index < -0.39 is 11.6 Å². The highest BCUT2D eigenvalue weighted by Gasteiger charge is 2.38. The van der Waals surface area contributed by atoms with E-state index in [4.69, 9.17) is 10.5 Å². The van der Waals surface area contributed by atoms with Crippen molar-refractivity contribution in [1.82, 2.24) is 5.32 Å². The second-order valence-electron chi connectivity index (χ2n) is 2.13. The maximum absolute atomic E-state index is 10.7. The number of carbonyl (C=O) groups excluding carboxylic acids is 2. The maximum atomic E-state index is 10.7. The molecular formula is C6H8N2O3. The molecule has 0 bridgehead atoms. The van der Waals surface area contributed by atoms with Crippen LogP contribution in [-0.2, 0) is 14.3 Å². The van der Waals surface area contributed by atoms with Crippen LogP contribution in [0.5, 0.6) is 0 Å². The van der Waals surface area contributed by atoms with Crippen LogP contribution in [0.25, 0.3) is 0 Å². The molecule has 1 atom stereocenters. The van der Waals surface area contributed by atoms with E-state index >= 15 is 0 Å². The molecule has 0 unspecified atom stereocenters. The maximum Gasteiger partial charge on any atom is 0.275 e. The third-order valence-electron chi connectivity index (χ3n) is 1.47. The molecule has 1 rings (SSSR count). The molecule has 2 amide bonds. The van der Waals surface area contributed by atoms with Gasteiger partial charge < -0.3 is 15.8 Å². The van der Waals surface area contributed by atoms with Crippen molar-refractivity contribution < 1.29 is 14.3 Å². The average Bonchev–Trinajstić information content (AvgIpc) is 2.33. The SMILES string of the molecule is CO[C@@]1(C(N)=O)C=CC(=O)N1. The molecule has 0 aliphatic carbocycles. The average molecular weight is 156 g/mol. The summed E-state index contributed by atoms with van der Waals surface area (Å²) in [6.45, 7) is 0. The zero-order valence-electron chi connectivity index (χ0n) is 5.96. The largest absolute Gasteiger partial charge is 0.365 e. The summed E-state index contributed by atoms with van der Waals surface area (Å²) >= 11 is 0. The number of amides is 2. The quantitative estimate of drug-likeness (QED) is 0.510. The van der Waals surface area contributed by atoms with Crippen LogP contribution in [0.4, 0.5) is 0 Å². The molecule has 1 aliphatic heterocycles. The second kappa shape index (κ2) is 2.35. The van der Waals surface area contributed by atoms with Crippen molar-refractivity contribution >= 4 is 11.8 Å². The molecule has 0 aromatic heterocycles. The zero-order valence-corrected chi connectivity index (χ0v) is 5.96. The van der Waals surface area contributed by atoms with Crippen LogP contribution >= 0.6 is 0 Å². The zero-order chi connectivity index (χ0) is 8.48. The number of nitrogens with two attached hydrogens (primary N) is 1. The van der Waals surface area contributed by atoms with Crippen LogP contribution in [0.3, 0.4) is 0 Å². The number of methoxy groups -OCH3 is 1. The van der Waals surface area contributed by atoms with Crippen molar-refractivity contribution in [1.29, 1.82) is 0 Å². The fourth-order valence-corrected chi connectivity index (χ4v) is 0.823. The predicted molar refractivity (Wildman–Crippen MR) is 36.2 cm³/mol. The van der Waals surface area contributed by atoms with E-state index in [0.29, 0.717) is 0 Å². The molecule has 0 saturated carbocycles. The van der Waals surface area contributed by atoms with Gasteiger partial charge in [0.15, 0.2) is 0 Å². The van der Waals surface area contributed by atoms with Crippen molar-refractivity contribution in [3.8, 4) is 0 Å². The van der Waals surface area contributed by atoms with Gasteiger partial charge >= 0.3 is 0 Å². The van der Waals surface area contributed by atoms with Gasteiger partial charge in [0.05, 0.1) is 0 Å². The Labute approximate surface area is 63.2 Å². The van der Waals surface area contributed by atoms with Gasteiger partial charge in [-0.1, -0.05) is 0 Å². The molecule has 0 fully saturated rings. The van der Waals surface area contributed by atoms with E-state index in [0.717, 1.165) is 0 Å². The lowest BCUT2D eigenvalue weighted by Crippen LogP contribution is -2.54. The van der Waals surface area contributed by atoms with Crippen molar-refractivity contribution in [3.63, 3.8) is 0 Å². The monoisotopic (exact) mass is 156 g/mol. The molecule has 3 N–H and O–H groups in total. The highest BCUT2D eigenvalue weighted by molar-refractivity contribution is 5.99. The Bertz CT molecular complexity index is 236. The first-order chi connectivity index (χ1) is 5.10. The van der Waals surface area contributed by atoms with Gasteiger partial charge in [0.2, 0.25) is 11.6 Å². The normalized spacial score (nSPS) is 28.6. The van der Waals surface area contributed by atoms with Crippen LogP contribution in [0.15, 0.2) is 12.2 Å². The smallest absolute Gasteiger partial charge is 0.275 e. The molecule has 1 heterocycles. The molecule has 0 aromatic carbocycles. The van der Waals surface area contributed by atoms with Gasteiger partial charge in [0, 0.05) is 13.2 Å². The minimum Gasteiger partial charge on any atom is -0.365 e. The van der Waals surface area contributed by atoms with Crippen molar-refractivity contribution in [2.75, 3.05) is 7.11 Å². The summed E-state index contributed by atoms with van der Waals surface area (Å²) in [5.74, 6) is -1.12. The number of ether oxygens (including phenoxy) is 1. The lowest BCUT2D eigenvalue weighted by Gasteiger charge is -2.21. The van der Waals surface area contributed by atoms with Crippen LogP contribution < -0.4 is 11.1 Å². The molecule has 5 nitrogen and oxygen atoms in total. The summed E-state index contributed by atoms with van der Waals surface area (Å²) in [7, 11) is 1.29. The summed E-state index contributed by atoms with van der Waals surface area (Å²) in [5, 5.41) is 2.27. The van der Waals surface area contributed by atoms with E-state index in [1.807, 2.05) is 0 Å². The topological polar surface area (TPSA) is 81.4 Å². The minimum absolute atomic E-state index is 0.384. The number of hydrogen-bond donors (Lipinski definition) is 2. The van der Waals surface area contributed by atoms with Gasteiger partial charge in [-0.15, -0.1) is 0 Å². The molecule has 0 saturated heterocycles. The van der Waals surface area contributed by atoms with E-state index in [1.165, 1.54) is 19.3 Å². The van der Waals surface area contributed by atoms with Crippen LogP contribution in [0.2, 0.25) is 0 Å². The standard InChI is InChI=1S/C6H8N2O3/c1-11-6(5(7)10)3-2-4(9)8-6/h2-3H,1H3,(H2,7,10)(H,8,9)/t6-/m1/s1. The highest BCUT2D eigenvalue weighted by atomic mass is 16.5. The Morgan fingerprint density at radius 2 is 2.45 bits per heavy atom. The Kier molecular flexibility index (Phi) is 1.66. The first-order valence-electron chi connectivity index (χ1n) is 2.97. The molecule has 0 radical (unpaired) electrons. The first-order valence-corrected chi connectivity index (χ1v) is 2.97. The van der Waals surface area contributed by atoms with Crippen molar-refractivity contribution in [3.05, 3.63) is 12.2 Å². The van der Waals surface area contributed by atoms with E-state index in [1.54, 1.807) is 0 Å². The molecule has 60 valence electrons. The van der Waals surface area contributed by atoms with Crippen molar-refractivity contribution in [2.45, 2.75) is 5.72 Å². The van der Waals surface area contributed by atoms with Crippen LogP contribution in [0.1, 0.15) is 0 Å². The second-order valence-corrected chi connectivity index (χ2v) is 2.13. The first kappa shape index (κ1) is 7.74. The molecule has 11 heavy (non-hydrogen) atoms. The third kappa shape index (κ3) is 1.10. The summed E-state index contributed by atoms with van der Waals surface area (Å²) in [4.78, 5) is 21.4. The number of primary amides is 1. The highest BCUT2D eigenvalue weighted by Crippen LogP contribution is 2.12. The summed E-state index contributed by atoms with van der Waals surface area (Å²) in [6, 6.07) is 0. The van der Waals surface area contributed by atoms with Crippen LogP contribution in [-0.4, -0.2) is 24.6 Å². The van der Waals surface area contributed by atoms with Crippen molar-refractivity contribution in [2.24, 2.45) is 5.73 Å². The van der Waals surface area contributed by atoms with Gasteiger partial charge in [-0.3, -0.25) is 9.59 Å². The molecule has 5 heteroatoms.